The van der Waals surface area contributed by atoms with Crippen LogP contribution in [0.1, 0.15) is 45.6 Å². The molecule has 3 atom stereocenters. The highest BCUT2D eigenvalue weighted by Crippen LogP contribution is 2.40. The van der Waals surface area contributed by atoms with Gasteiger partial charge in [0.05, 0.1) is 5.60 Å². The topological polar surface area (TPSA) is 20.2 Å². The van der Waals surface area contributed by atoms with Gasteiger partial charge in [-0.3, -0.25) is 0 Å². The van der Waals surface area contributed by atoms with E-state index in [0.29, 0.717) is 5.92 Å². The molecule has 1 N–H and O–H groups in total. The summed E-state index contributed by atoms with van der Waals surface area (Å²) in [5.41, 5.74) is 0.635. The SMILES string of the molecule is CC1CC(C)CC(C(C)(O)Cc2ccc(Br)cc2)C1. The molecule has 0 aliphatic heterocycles. The summed E-state index contributed by atoms with van der Waals surface area (Å²) >= 11 is 3.45. The zero-order chi connectivity index (χ0) is 14.0. The van der Waals surface area contributed by atoms with Gasteiger partial charge in [-0.15, -0.1) is 0 Å². The Kier molecular flexibility index (Phi) is 4.73. The summed E-state index contributed by atoms with van der Waals surface area (Å²) in [5, 5.41) is 10.9. The molecule has 0 radical (unpaired) electrons. The molecular formula is C17H25BrO. The standard InChI is InChI=1S/C17H25BrO/c1-12-8-13(2)10-15(9-12)17(3,19)11-14-4-6-16(18)7-5-14/h4-7,12-13,15,19H,8-11H2,1-3H3. The van der Waals surface area contributed by atoms with Crippen LogP contribution in [-0.2, 0) is 6.42 Å². The first-order chi connectivity index (χ1) is 8.87. The summed E-state index contributed by atoms with van der Waals surface area (Å²) in [6.07, 6.45) is 4.39. The van der Waals surface area contributed by atoms with Gasteiger partial charge in [0.25, 0.3) is 0 Å². The van der Waals surface area contributed by atoms with E-state index in [1.165, 1.54) is 12.0 Å². The van der Waals surface area contributed by atoms with Gasteiger partial charge in [0.1, 0.15) is 0 Å². The van der Waals surface area contributed by atoms with E-state index < -0.39 is 5.60 Å². The summed E-state index contributed by atoms with van der Waals surface area (Å²) in [6, 6.07) is 8.32. The summed E-state index contributed by atoms with van der Waals surface area (Å²) < 4.78 is 1.09. The fraction of sp³-hybridized carbons (Fsp3) is 0.647. The molecule has 0 spiro atoms. The Morgan fingerprint density at radius 1 is 1.11 bits per heavy atom. The Morgan fingerprint density at radius 3 is 2.16 bits per heavy atom. The van der Waals surface area contributed by atoms with Gasteiger partial charge in [-0.05, 0) is 61.6 Å². The average Bonchev–Trinajstić information content (AvgIpc) is 2.31. The van der Waals surface area contributed by atoms with E-state index in [4.69, 9.17) is 0 Å². The highest BCUT2D eigenvalue weighted by atomic mass is 79.9. The van der Waals surface area contributed by atoms with Gasteiger partial charge in [0.15, 0.2) is 0 Å². The van der Waals surface area contributed by atoms with Crippen LogP contribution in [-0.4, -0.2) is 10.7 Å². The zero-order valence-corrected chi connectivity index (χ0v) is 13.8. The van der Waals surface area contributed by atoms with E-state index in [2.05, 4.69) is 54.0 Å². The van der Waals surface area contributed by atoms with Crippen molar-refractivity contribution >= 4 is 15.9 Å². The predicted octanol–water partition coefficient (Wildman–Crippen LogP) is 4.81. The normalized spacial score (nSPS) is 30.9. The summed E-state index contributed by atoms with van der Waals surface area (Å²) in [4.78, 5) is 0. The molecule has 1 aliphatic carbocycles. The summed E-state index contributed by atoms with van der Waals surface area (Å²) in [5.74, 6) is 1.91. The molecule has 0 amide bonds. The number of benzene rings is 1. The molecule has 0 heterocycles. The number of aliphatic hydroxyl groups is 1. The molecule has 0 bridgehead atoms. The maximum Gasteiger partial charge on any atom is 0.0688 e. The van der Waals surface area contributed by atoms with Crippen molar-refractivity contribution in [3.05, 3.63) is 34.3 Å². The second kappa shape index (κ2) is 5.97. The van der Waals surface area contributed by atoms with Crippen LogP contribution in [0, 0.1) is 17.8 Å². The average molecular weight is 325 g/mol. The Hall–Kier alpha value is -0.340. The van der Waals surface area contributed by atoms with E-state index in [-0.39, 0.29) is 0 Å². The highest BCUT2D eigenvalue weighted by molar-refractivity contribution is 9.10. The maximum absolute atomic E-state index is 10.9. The van der Waals surface area contributed by atoms with E-state index >= 15 is 0 Å². The molecule has 106 valence electrons. The van der Waals surface area contributed by atoms with Crippen molar-refractivity contribution in [2.75, 3.05) is 0 Å². The van der Waals surface area contributed by atoms with Gasteiger partial charge in [-0.1, -0.05) is 41.9 Å². The van der Waals surface area contributed by atoms with Crippen LogP contribution in [0.25, 0.3) is 0 Å². The molecule has 19 heavy (non-hydrogen) atoms. The lowest BCUT2D eigenvalue weighted by Crippen LogP contribution is -2.41. The molecule has 1 saturated carbocycles. The van der Waals surface area contributed by atoms with Crippen LogP contribution in [0.15, 0.2) is 28.7 Å². The fourth-order valence-corrected chi connectivity index (χ4v) is 3.88. The Bertz CT molecular complexity index is 400. The van der Waals surface area contributed by atoms with Crippen LogP contribution >= 0.6 is 15.9 Å². The molecule has 0 saturated heterocycles. The van der Waals surface area contributed by atoms with E-state index in [0.717, 1.165) is 35.6 Å². The molecule has 1 nitrogen and oxygen atoms in total. The van der Waals surface area contributed by atoms with Crippen LogP contribution in [0.3, 0.4) is 0 Å². The monoisotopic (exact) mass is 324 g/mol. The molecule has 1 aromatic rings. The lowest BCUT2D eigenvalue weighted by Gasteiger charge is -2.40. The van der Waals surface area contributed by atoms with Crippen LogP contribution < -0.4 is 0 Å². The minimum atomic E-state index is -0.587. The molecular weight excluding hydrogens is 300 g/mol. The first kappa shape index (κ1) is 15.1. The Morgan fingerprint density at radius 2 is 1.63 bits per heavy atom. The highest BCUT2D eigenvalue weighted by Gasteiger charge is 2.36. The Labute approximate surface area is 125 Å². The lowest BCUT2D eigenvalue weighted by molar-refractivity contribution is -0.0331. The van der Waals surface area contributed by atoms with Crippen LogP contribution in [0.4, 0.5) is 0 Å². The van der Waals surface area contributed by atoms with Gasteiger partial charge in [0, 0.05) is 10.9 Å². The number of hydrogen-bond acceptors (Lipinski definition) is 1. The number of hydrogen-bond donors (Lipinski definition) is 1. The van der Waals surface area contributed by atoms with Crippen LogP contribution in [0.2, 0.25) is 0 Å². The van der Waals surface area contributed by atoms with Crippen molar-refractivity contribution in [1.29, 1.82) is 0 Å². The first-order valence-corrected chi connectivity index (χ1v) is 8.13. The maximum atomic E-state index is 10.9. The predicted molar refractivity (Wildman–Crippen MR) is 84.1 cm³/mol. The molecule has 2 heteroatoms. The minimum absolute atomic E-state index is 0.426. The van der Waals surface area contributed by atoms with E-state index in [9.17, 15) is 5.11 Å². The molecule has 0 aromatic heterocycles. The third kappa shape index (κ3) is 4.06. The summed E-state index contributed by atoms with van der Waals surface area (Å²) in [6.45, 7) is 6.65. The Balaban J connectivity index is 2.06. The molecule has 1 fully saturated rings. The van der Waals surface area contributed by atoms with Crippen LogP contribution in [0.5, 0.6) is 0 Å². The summed E-state index contributed by atoms with van der Waals surface area (Å²) in [7, 11) is 0. The van der Waals surface area contributed by atoms with Crippen molar-refractivity contribution < 1.29 is 5.11 Å². The van der Waals surface area contributed by atoms with Crippen molar-refractivity contribution in [3.8, 4) is 0 Å². The third-order valence-electron chi connectivity index (χ3n) is 4.53. The van der Waals surface area contributed by atoms with Gasteiger partial charge >= 0.3 is 0 Å². The van der Waals surface area contributed by atoms with Crippen molar-refractivity contribution in [2.45, 2.75) is 52.1 Å². The van der Waals surface area contributed by atoms with Crippen molar-refractivity contribution in [3.63, 3.8) is 0 Å². The fourth-order valence-electron chi connectivity index (χ4n) is 3.61. The van der Waals surface area contributed by atoms with Crippen molar-refractivity contribution in [2.24, 2.45) is 17.8 Å². The molecule has 1 aliphatic rings. The zero-order valence-electron chi connectivity index (χ0n) is 12.2. The van der Waals surface area contributed by atoms with Gasteiger partial charge in [-0.2, -0.15) is 0 Å². The van der Waals surface area contributed by atoms with Gasteiger partial charge in [-0.25, -0.2) is 0 Å². The first-order valence-electron chi connectivity index (χ1n) is 7.33. The second-order valence-electron chi connectivity index (χ2n) is 6.77. The molecule has 3 unspecified atom stereocenters. The van der Waals surface area contributed by atoms with Gasteiger partial charge < -0.3 is 5.11 Å². The lowest BCUT2D eigenvalue weighted by atomic mass is 9.68. The molecule has 1 aromatic carbocycles. The van der Waals surface area contributed by atoms with E-state index in [1.54, 1.807) is 0 Å². The number of halogens is 1. The minimum Gasteiger partial charge on any atom is -0.390 e. The third-order valence-corrected chi connectivity index (χ3v) is 5.06. The van der Waals surface area contributed by atoms with Crippen molar-refractivity contribution in [1.82, 2.24) is 0 Å². The second-order valence-corrected chi connectivity index (χ2v) is 7.69. The quantitative estimate of drug-likeness (QED) is 0.845. The van der Waals surface area contributed by atoms with Gasteiger partial charge in [0.2, 0.25) is 0 Å². The number of rotatable bonds is 3. The van der Waals surface area contributed by atoms with E-state index in [1.807, 2.05) is 6.92 Å². The smallest absolute Gasteiger partial charge is 0.0688 e. The largest absolute Gasteiger partial charge is 0.390 e. The molecule has 2 rings (SSSR count).